The molecule has 1 N–H and O–H groups in total. The molecular formula is C15H21N. The van der Waals surface area contributed by atoms with Crippen molar-refractivity contribution in [1.82, 2.24) is 5.32 Å². The number of hydrogen-bond acceptors (Lipinski definition) is 1. The molecule has 1 aromatic rings. The fourth-order valence-corrected chi connectivity index (χ4v) is 3.31. The van der Waals surface area contributed by atoms with E-state index in [1.165, 1.54) is 25.1 Å². The maximum Gasteiger partial charge on any atom is -0.00111 e. The first-order chi connectivity index (χ1) is 7.75. The smallest absolute Gasteiger partial charge is 0.00111 e. The van der Waals surface area contributed by atoms with Crippen LogP contribution in [0.15, 0.2) is 24.3 Å². The van der Waals surface area contributed by atoms with Crippen molar-refractivity contribution in [2.45, 2.75) is 26.2 Å². The SMILES string of the molecule is CC(C)Cc1cccc(C2[C@H]3CNC[C@@H]23)c1. The Bertz CT molecular complexity index is 373. The van der Waals surface area contributed by atoms with E-state index in [2.05, 4.69) is 43.4 Å². The van der Waals surface area contributed by atoms with Gasteiger partial charge in [0.2, 0.25) is 0 Å². The Morgan fingerprint density at radius 2 is 2.00 bits per heavy atom. The summed E-state index contributed by atoms with van der Waals surface area (Å²) in [6.07, 6.45) is 1.22. The second kappa shape index (κ2) is 3.89. The highest BCUT2D eigenvalue weighted by atomic mass is 15.0. The van der Waals surface area contributed by atoms with Crippen molar-refractivity contribution in [1.29, 1.82) is 0 Å². The molecule has 0 spiro atoms. The Balaban J connectivity index is 1.76. The molecule has 0 radical (unpaired) electrons. The lowest BCUT2D eigenvalue weighted by molar-refractivity contribution is 0.644. The minimum atomic E-state index is 0.760. The molecule has 2 fully saturated rings. The number of benzene rings is 1. The molecule has 1 saturated carbocycles. The van der Waals surface area contributed by atoms with Gasteiger partial charge in [0.1, 0.15) is 0 Å². The van der Waals surface area contributed by atoms with Crippen molar-refractivity contribution < 1.29 is 0 Å². The van der Waals surface area contributed by atoms with Crippen LogP contribution in [0.1, 0.15) is 30.9 Å². The van der Waals surface area contributed by atoms with E-state index in [0.29, 0.717) is 0 Å². The van der Waals surface area contributed by atoms with Crippen molar-refractivity contribution in [3.8, 4) is 0 Å². The molecule has 1 aliphatic heterocycles. The molecule has 1 aromatic carbocycles. The molecule has 1 aliphatic carbocycles. The van der Waals surface area contributed by atoms with Gasteiger partial charge in [-0.25, -0.2) is 0 Å². The number of fused-ring (bicyclic) bond motifs is 1. The zero-order valence-corrected chi connectivity index (χ0v) is 10.2. The standard InChI is InChI=1S/C15H21N/c1-10(2)6-11-4-3-5-12(7-11)15-13-8-16-9-14(13)15/h3-5,7,10,13-16H,6,8-9H2,1-2H3/t13-,14+,15?. The highest BCUT2D eigenvalue weighted by molar-refractivity contribution is 5.34. The average Bonchev–Trinajstić information content (AvgIpc) is 2.72. The van der Waals surface area contributed by atoms with E-state index in [4.69, 9.17) is 0 Å². The lowest BCUT2D eigenvalue weighted by Crippen LogP contribution is -2.14. The van der Waals surface area contributed by atoms with Crippen LogP contribution in [0.2, 0.25) is 0 Å². The van der Waals surface area contributed by atoms with E-state index < -0.39 is 0 Å². The number of piperidine rings is 1. The molecule has 1 unspecified atom stereocenters. The van der Waals surface area contributed by atoms with E-state index in [1.54, 1.807) is 5.56 Å². The monoisotopic (exact) mass is 215 g/mol. The van der Waals surface area contributed by atoms with Gasteiger partial charge in [-0.05, 0) is 54.3 Å². The summed E-state index contributed by atoms with van der Waals surface area (Å²) in [5.74, 6) is 3.51. The second-order valence-electron chi connectivity index (χ2n) is 5.85. The molecular weight excluding hydrogens is 194 g/mol. The normalized spacial score (nSPS) is 31.8. The highest BCUT2D eigenvalue weighted by Crippen LogP contribution is 2.55. The average molecular weight is 215 g/mol. The van der Waals surface area contributed by atoms with Gasteiger partial charge in [-0.2, -0.15) is 0 Å². The first-order valence-electron chi connectivity index (χ1n) is 6.55. The van der Waals surface area contributed by atoms with Gasteiger partial charge in [0.05, 0.1) is 0 Å². The van der Waals surface area contributed by atoms with Gasteiger partial charge in [0, 0.05) is 0 Å². The fourth-order valence-electron chi connectivity index (χ4n) is 3.31. The van der Waals surface area contributed by atoms with Gasteiger partial charge < -0.3 is 5.32 Å². The lowest BCUT2D eigenvalue weighted by Gasteiger charge is -2.09. The van der Waals surface area contributed by atoms with Gasteiger partial charge >= 0.3 is 0 Å². The summed E-state index contributed by atoms with van der Waals surface area (Å²) in [6.45, 7) is 7.07. The maximum absolute atomic E-state index is 3.47. The second-order valence-corrected chi connectivity index (χ2v) is 5.85. The number of rotatable bonds is 3. The topological polar surface area (TPSA) is 12.0 Å². The predicted molar refractivity (Wildman–Crippen MR) is 67.6 cm³/mol. The Hall–Kier alpha value is -0.820. The van der Waals surface area contributed by atoms with Crippen LogP contribution in [0.5, 0.6) is 0 Å². The third kappa shape index (κ3) is 1.78. The molecule has 2 aliphatic rings. The number of hydrogen-bond donors (Lipinski definition) is 1. The molecule has 1 heteroatoms. The zero-order chi connectivity index (χ0) is 11.1. The molecule has 1 saturated heterocycles. The van der Waals surface area contributed by atoms with Crippen molar-refractivity contribution >= 4 is 0 Å². The Labute approximate surface area is 98.3 Å². The molecule has 16 heavy (non-hydrogen) atoms. The van der Waals surface area contributed by atoms with Gasteiger partial charge in [-0.1, -0.05) is 38.1 Å². The Morgan fingerprint density at radius 1 is 1.25 bits per heavy atom. The van der Waals surface area contributed by atoms with Crippen LogP contribution >= 0.6 is 0 Å². The Morgan fingerprint density at radius 3 is 2.69 bits per heavy atom. The molecule has 86 valence electrons. The van der Waals surface area contributed by atoms with Crippen molar-refractivity contribution in [3.05, 3.63) is 35.4 Å². The summed E-state index contributed by atoms with van der Waals surface area (Å²) in [4.78, 5) is 0. The molecule has 1 nitrogen and oxygen atoms in total. The molecule has 0 aromatic heterocycles. The van der Waals surface area contributed by atoms with Crippen molar-refractivity contribution in [2.24, 2.45) is 17.8 Å². The maximum atomic E-state index is 3.47. The summed E-state index contributed by atoms with van der Waals surface area (Å²) < 4.78 is 0. The summed E-state index contributed by atoms with van der Waals surface area (Å²) in [6, 6.07) is 9.30. The third-order valence-corrected chi connectivity index (χ3v) is 4.07. The lowest BCUT2D eigenvalue weighted by atomic mass is 9.98. The van der Waals surface area contributed by atoms with E-state index in [1.807, 2.05) is 0 Å². The molecule has 0 bridgehead atoms. The van der Waals surface area contributed by atoms with Gasteiger partial charge in [-0.15, -0.1) is 0 Å². The van der Waals surface area contributed by atoms with E-state index in [0.717, 1.165) is 23.7 Å². The quantitative estimate of drug-likeness (QED) is 0.817. The fraction of sp³-hybridized carbons (Fsp3) is 0.600. The van der Waals surface area contributed by atoms with Crippen molar-refractivity contribution in [2.75, 3.05) is 13.1 Å². The minimum absolute atomic E-state index is 0.760. The summed E-state index contributed by atoms with van der Waals surface area (Å²) in [7, 11) is 0. The van der Waals surface area contributed by atoms with Crippen LogP contribution in [0.4, 0.5) is 0 Å². The minimum Gasteiger partial charge on any atom is -0.316 e. The van der Waals surface area contributed by atoms with Gasteiger partial charge in [0.15, 0.2) is 0 Å². The van der Waals surface area contributed by atoms with Crippen LogP contribution < -0.4 is 5.32 Å². The zero-order valence-electron chi connectivity index (χ0n) is 10.2. The van der Waals surface area contributed by atoms with E-state index in [-0.39, 0.29) is 0 Å². The summed E-state index contributed by atoms with van der Waals surface area (Å²) in [5.41, 5.74) is 3.11. The first-order valence-corrected chi connectivity index (χ1v) is 6.55. The molecule has 0 amide bonds. The van der Waals surface area contributed by atoms with Crippen molar-refractivity contribution in [3.63, 3.8) is 0 Å². The molecule has 3 atom stereocenters. The third-order valence-electron chi connectivity index (χ3n) is 4.07. The highest BCUT2D eigenvalue weighted by Gasteiger charge is 2.53. The largest absolute Gasteiger partial charge is 0.316 e. The van der Waals surface area contributed by atoms with Crippen LogP contribution in [0, 0.1) is 17.8 Å². The summed E-state index contributed by atoms with van der Waals surface area (Å²) in [5, 5.41) is 3.47. The molecule has 3 rings (SSSR count). The van der Waals surface area contributed by atoms with Crippen LogP contribution in [0.25, 0.3) is 0 Å². The van der Waals surface area contributed by atoms with E-state index in [9.17, 15) is 0 Å². The molecule has 1 heterocycles. The predicted octanol–water partition coefficient (Wildman–Crippen LogP) is 2.82. The summed E-state index contributed by atoms with van der Waals surface area (Å²) >= 11 is 0. The van der Waals surface area contributed by atoms with Gasteiger partial charge in [-0.3, -0.25) is 0 Å². The van der Waals surface area contributed by atoms with E-state index >= 15 is 0 Å². The number of nitrogens with one attached hydrogen (secondary N) is 1. The van der Waals surface area contributed by atoms with Crippen LogP contribution in [0.3, 0.4) is 0 Å². The van der Waals surface area contributed by atoms with Crippen LogP contribution in [-0.4, -0.2) is 13.1 Å². The van der Waals surface area contributed by atoms with Crippen LogP contribution in [-0.2, 0) is 6.42 Å². The first kappa shape index (κ1) is 10.3. The van der Waals surface area contributed by atoms with Gasteiger partial charge in [0.25, 0.3) is 0 Å². The Kier molecular flexibility index (Phi) is 2.51.